The van der Waals surface area contributed by atoms with Crippen LogP contribution in [0.25, 0.3) is 22.3 Å². The minimum absolute atomic E-state index is 0.550. The van der Waals surface area contributed by atoms with E-state index in [0.29, 0.717) is 11.6 Å². The molecule has 4 heteroatoms. The fourth-order valence-electron chi connectivity index (χ4n) is 1.91. The number of fused-ring (bicyclic) bond motifs is 1. The molecule has 3 rings (SSSR count). The van der Waals surface area contributed by atoms with Crippen molar-refractivity contribution in [3.05, 3.63) is 40.6 Å². The van der Waals surface area contributed by atoms with E-state index in [-0.39, 0.29) is 0 Å². The van der Waals surface area contributed by atoms with Gasteiger partial charge in [-0.05, 0) is 30.0 Å². The van der Waals surface area contributed by atoms with Gasteiger partial charge in [-0.1, -0.05) is 12.1 Å². The molecule has 1 aromatic carbocycles. The molecule has 2 N–H and O–H groups in total. The molecule has 17 heavy (non-hydrogen) atoms. The zero-order valence-corrected chi connectivity index (χ0v) is 10.2. The molecule has 0 aliphatic rings. The quantitative estimate of drug-likeness (QED) is 0.711. The van der Waals surface area contributed by atoms with Gasteiger partial charge in [0.15, 0.2) is 5.82 Å². The van der Waals surface area contributed by atoms with Gasteiger partial charge in [0.2, 0.25) is 0 Å². The molecule has 3 nitrogen and oxygen atoms in total. The Morgan fingerprint density at radius 2 is 2.06 bits per heavy atom. The third kappa shape index (κ3) is 1.66. The lowest BCUT2D eigenvalue weighted by Crippen LogP contribution is -1.98. The van der Waals surface area contributed by atoms with Crippen LogP contribution in [0.2, 0.25) is 0 Å². The second kappa shape index (κ2) is 3.82. The summed E-state index contributed by atoms with van der Waals surface area (Å²) in [5.74, 6) is 1.25. The number of anilines is 1. The number of hydrogen-bond donors (Lipinski definition) is 1. The van der Waals surface area contributed by atoms with Crippen LogP contribution in [-0.4, -0.2) is 9.97 Å². The molecular formula is C13H11N3S. The fraction of sp³-hybridized carbons (Fsp3) is 0.0769. The van der Waals surface area contributed by atoms with Crippen molar-refractivity contribution in [1.82, 2.24) is 9.97 Å². The van der Waals surface area contributed by atoms with Crippen molar-refractivity contribution >= 4 is 28.1 Å². The summed E-state index contributed by atoms with van der Waals surface area (Å²) in [5, 5.41) is 4.98. The van der Waals surface area contributed by atoms with Gasteiger partial charge in [-0.3, -0.25) is 0 Å². The number of benzene rings is 1. The van der Waals surface area contributed by atoms with E-state index < -0.39 is 0 Å². The molecule has 0 aliphatic heterocycles. The van der Waals surface area contributed by atoms with Crippen LogP contribution in [0.3, 0.4) is 0 Å². The first-order chi connectivity index (χ1) is 8.25. The van der Waals surface area contributed by atoms with Crippen molar-refractivity contribution < 1.29 is 0 Å². The molecule has 84 valence electrons. The second-order valence-corrected chi connectivity index (χ2v) is 4.69. The lowest BCUT2D eigenvalue weighted by molar-refractivity contribution is 1.23. The summed E-state index contributed by atoms with van der Waals surface area (Å²) >= 11 is 1.63. The van der Waals surface area contributed by atoms with Crippen molar-refractivity contribution in [3.8, 4) is 11.4 Å². The number of aryl methyl sites for hydroxylation is 1. The Labute approximate surface area is 103 Å². The van der Waals surface area contributed by atoms with Crippen LogP contribution >= 0.6 is 11.3 Å². The topological polar surface area (TPSA) is 51.8 Å². The molecule has 2 heterocycles. The summed E-state index contributed by atoms with van der Waals surface area (Å²) < 4.78 is 0. The average molecular weight is 241 g/mol. The van der Waals surface area contributed by atoms with E-state index in [2.05, 4.69) is 9.97 Å². The summed E-state index contributed by atoms with van der Waals surface area (Å²) in [5.41, 5.74) is 9.04. The minimum Gasteiger partial charge on any atom is -0.383 e. The van der Waals surface area contributed by atoms with E-state index in [1.54, 1.807) is 11.3 Å². The summed E-state index contributed by atoms with van der Waals surface area (Å²) in [7, 11) is 0. The van der Waals surface area contributed by atoms with Gasteiger partial charge in [0.1, 0.15) is 5.82 Å². The lowest BCUT2D eigenvalue weighted by atomic mass is 10.1. The first-order valence-corrected chi connectivity index (χ1v) is 6.25. The molecule has 2 aromatic heterocycles. The van der Waals surface area contributed by atoms with Crippen LogP contribution in [-0.2, 0) is 0 Å². The first-order valence-electron chi connectivity index (χ1n) is 5.31. The van der Waals surface area contributed by atoms with Crippen LogP contribution in [0.4, 0.5) is 5.82 Å². The molecular weight excluding hydrogens is 230 g/mol. The Morgan fingerprint density at radius 3 is 2.82 bits per heavy atom. The molecule has 0 fully saturated rings. The maximum absolute atomic E-state index is 6.02. The van der Waals surface area contributed by atoms with Crippen molar-refractivity contribution in [2.24, 2.45) is 0 Å². The predicted octanol–water partition coefficient (Wildman–Crippen LogP) is 3.25. The van der Waals surface area contributed by atoms with Crippen LogP contribution < -0.4 is 5.73 Å². The summed E-state index contributed by atoms with van der Waals surface area (Å²) in [6.07, 6.45) is 0. The highest BCUT2D eigenvalue weighted by Crippen LogP contribution is 2.26. The lowest BCUT2D eigenvalue weighted by Gasteiger charge is -2.06. The van der Waals surface area contributed by atoms with Crippen LogP contribution in [0.1, 0.15) is 5.56 Å². The van der Waals surface area contributed by atoms with Crippen molar-refractivity contribution in [3.63, 3.8) is 0 Å². The third-order valence-corrected chi connectivity index (χ3v) is 3.42. The minimum atomic E-state index is 0.550. The molecule has 3 aromatic rings. The molecule has 0 spiro atoms. The highest BCUT2D eigenvalue weighted by molar-refractivity contribution is 7.08. The van der Waals surface area contributed by atoms with Crippen LogP contribution in [0.5, 0.6) is 0 Å². The van der Waals surface area contributed by atoms with Crippen LogP contribution in [0, 0.1) is 6.92 Å². The van der Waals surface area contributed by atoms with E-state index in [1.807, 2.05) is 41.9 Å². The Balaban J connectivity index is 2.32. The zero-order chi connectivity index (χ0) is 11.8. The average Bonchev–Trinajstić information content (AvgIpc) is 2.81. The van der Waals surface area contributed by atoms with Gasteiger partial charge in [0, 0.05) is 16.3 Å². The Bertz CT molecular complexity index is 674. The molecule has 0 aliphatic carbocycles. The van der Waals surface area contributed by atoms with Crippen molar-refractivity contribution in [2.45, 2.75) is 6.92 Å². The number of nitrogen functional groups attached to an aromatic ring is 1. The summed E-state index contributed by atoms with van der Waals surface area (Å²) in [6.45, 7) is 2.02. The Hall–Kier alpha value is -1.94. The molecule has 0 radical (unpaired) electrons. The van der Waals surface area contributed by atoms with Gasteiger partial charge >= 0.3 is 0 Å². The Kier molecular flexibility index (Phi) is 2.30. The molecule has 0 unspecified atom stereocenters. The number of thiophene rings is 1. The number of hydrogen-bond acceptors (Lipinski definition) is 4. The third-order valence-electron chi connectivity index (χ3n) is 2.74. The fourth-order valence-corrected chi connectivity index (χ4v) is 2.54. The number of nitrogens with zero attached hydrogens (tertiary/aromatic N) is 2. The first kappa shape index (κ1) is 10.2. The van der Waals surface area contributed by atoms with E-state index in [4.69, 9.17) is 5.73 Å². The van der Waals surface area contributed by atoms with Gasteiger partial charge < -0.3 is 5.73 Å². The van der Waals surface area contributed by atoms with Gasteiger partial charge in [0.25, 0.3) is 0 Å². The largest absolute Gasteiger partial charge is 0.383 e. The predicted molar refractivity (Wildman–Crippen MR) is 72.0 cm³/mol. The van der Waals surface area contributed by atoms with E-state index in [1.165, 1.54) is 0 Å². The zero-order valence-electron chi connectivity index (χ0n) is 9.34. The van der Waals surface area contributed by atoms with Crippen LogP contribution in [0.15, 0.2) is 35.0 Å². The molecule has 0 atom stereocenters. The standard InChI is InChI=1S/C13H11N3S/c1-8-3-2-4-10-11(8)12(14)16-13(15-10)9-5-6-17-7-9/h2-7H,1H3,(H2,14,15,16). The smallest absolute Gasteiger partial charge is 0.162 e. The van der Waals surface area contributed by atoms with Gasteiger partial charge in [0.05, 0.1) is 5.52 Å². The number of rotatable bonds is 1. The normalized spacial score (nSPS) is 10.9. The van der Waals surface area contributed by atoms with E-state index in [0.717, 1.165) is 22.0 Å². The maximum atomic E-state index is 6.02. The van der Waals surface area contributed by atoms with Gasteiger partial charge in [-0.25, -0.2) is 9.97 Å². The summed E-state index contributed by atoms with van der Waals surface area (Å²) in [6, 6.07) is 7.98. The molecule has 0 saturated heterocycles. The van der Waals surface area contributed by atoms with E-state index in [9.17, 15) is 0 Å². The molecule has 0 saturated carbocycles. The number of nitrogens with two attached hydrogens (primary N) is 1. The van der Waals surface area contributed by atoms with E-state index >= 15 is 0 Å². The summed E-state index contributed by atoms with van der Waals surface area (Å²) in [4.78, 5) is 8.93. The monoisotopic (exact) mass is 241 g/mol. The highest BCUT2D eigenvalue weighted by Gasteiger charge is 2.08. The van der Waals surface area contributed by atoms with Crippen molar-refractivity contribution in [2.75, 3.05) is 5.73 Å². The number of aromatic nitrogens is 2. The van der Waals surface area contributed by atoms with Gasteiger partial charge in [-0.15, -0.1) is 0 Å². The molecule has 0 bridgehead atoms. The van der Waals surface area contributed by atoms with Gasteiger partial charge in [-0.2, -0.15) is 11.3 Å². The highest BCUT2D eigenvalue weighted by atomic mass is 32.1. The molecule has 0 amide bonds. The SMILES string of the molecule is Cc1cccc2nc(-c3ccsc3)nc(N)c12. The second-order valence-electron chi connectivity index (χ2n) is 3.91. The maximum Gasteiger partial charge on any atom is 0.162 e. The Morgan fingerprint density at radius 1 is 1.18 bits per heavy atom. The van der Waals surface area contributed by atoms with Crippen molar-refractivity contribution in [1.29, 1.82) is 0 Å².